The molecule has 1 aromatic heterocycles. The smallest absolute Gasteiger partial charge is 0.248 e. The molecule has 3 amide bonds. The Morgan fingerprint density at radius 1 is 1.02 bits per heavy atom. The fraction of sp³-hybridized carbons (Fsp3) is 0.455. The second-order valence-electron chi connectivity index (χ2n) is 11.2. The average Bonchev–Trinajstić information content (AvgIpc) is 3.41. The molecular formula is C33H44N4O6. The predicted octanol–water partition coefficient (Wildman–Crippen LogP) is 6.31. The summed E-state index contributed by atoms with van der Waals surface area (Å²) >= 11 is 0. The molecule has 0 saturated heterocycles. The molecule has 0 aliphatic heterocycles. The molecule has 0 radical (unpaired) electrons. The number of aromatic nitrogens is 1. The van der Waals surface area contributed by atoms with E-state index in [9.17, 15) is 14.4 Å². The number of nitrogens with one attached hydrogen (secondary N) is 2. The third-order valence-corrected chi connectivity index (χ3v) is 7.66. The number of rotatable bonds is 14. The van der Waals surface area contributed by atoms with E-state index >= 15 is 0 Å². The molecule has 0 fully saturated rings. The van der Waals surface area contributed by atoms with Gasteiger partial charge in [0.1, 0.15) is 11.8 Å². The van der Waals surface area contributed by atoms with E-state index in [1.54, 1.807) is 31.2 Å². The monoisotopic (exact) mass is 592 g/mol. The molecule has 0 aliphatic rings. The molecule has 3 aromatic rings. The molecule has 43 heavy (non-hydrogen) atoms. The van der Waals surface area contributed by atoms with Gasteiger partial charge in [-0.05, 0) is 63.3 Å². The van der Waals surface area contributed by atoms with Crippen molar-refractivity contribution in [3.63, 3.8) is 0 Å². The average molecular weight is 593 g/mol. The molecule has 0 unspecified atom stereocenters. The third-order valence-electron chi connectivity index (χ3n) is 7.66. The summed E-state index contributed by atoms with van der Waals surface area (Å²) in [6.07, 6.45) is 1.33. The number of ether oxygens (including phenoxy) is 2. The van der Waals surface area contributed by atoms with Gasteiger partial charge in [-0.1, -0.05) is 50.2 Å². The summed E-state index contributed by atoms with van der Waals surface area (Å²) < 4.78 is 16.3. The molecular weight excluding hydrogens is 548 g/mol. The first-order chi connectivity index (χ1) is 20.4. The van der Waals surface area contributed by atoms with Crippen molar-refractivity contribution in [1.29, 1.82) is 0 Å². The molecule has 0 spiro atoms. The van der Waals surface area contributed by atoms with Crippen molar-refractivity contribution in [2.75, 3.05) is 24.4 Å². The van der Waals surface area contributed by atoms with Gasteiger partial charge in [0.2, 0.25) is 17.7 Å². The van der Waals surface area contributed by atoms with Crippen molar-refractivity contribution in [1.82, 2.24) is 10.5 Å². The third kappa shape index (κ3) is 8.37. The number of aryl methyl sites for hydroxylation is 1. The summed E-state index contributed by atoms with van der Waals surface area (Å²) in [7, 11) is 3.01. The van der Waals surface area contributed by atoms with Crippen LogP contribution in [0.2, 0.25) is 0 Å². The maximum atomic E-state index is 14.2. The van der Waals surface area contributed by atoms with Crippen LogP contribution in [-0.4, -0.2) is 42.6 Å². The fourth-order valence-corrected chi connectivity index (χ4v) is 4.62. The first-order valence-corrected chi connectivity index (χ1v) is 14.6. The largest absolute Gasteiger partial charge is 0.493 e. The molecule has 0 saturated carbocycles. The van der Waals surface area contributed by atoms with Crippen LogP contribution in [0.15, 0.2) is 53.1 Å². The minimum Gasteiger partial charge on any atom is -0.493 e. The van der Waals surface area contributed by atoms with Gasteiger partial charge in [-0.15, -0.1) is 0 Å². The van der Waals surface area contributed by atoms with Crippen molar-refractivity contribution in [2.24, 2.45) is 0 Å². The van der Waals surface area contributed by atoms with Crippen LogP contribution in [0, 0.1) is 6.92 Å². The summed E-state index contributed by atoms with van der Waals surface area (Å²) in [5.74, 6) is 0.706. The van der Waals surface area contributed by atoms with Crippen molar-refractivity contribution >= 4 is 29.2 Å². The zero-order chi connectivity index (χ0) is 31.7. The zero-order valence-corrected chi connectivity index (χ0v) is 26.4. The van der Waals surface area contributed by atoms with Crippen molar-refractivity contribution in [3.05, 3.63) is 65.4 Å². The highest BCUT2D eigenvalue weighted by Gasteiger charge is 2.37. The van der Waals surface area contributed by atoms with Crippen molar-refractivity contribution in [3.8, 4) is 11.5 Å². The van der Waals surface area contributed by atoms with Gasteiger partial charge in [0, 0.05) is 35.7 Å². The maximum absolute atomic E-state index is 14.2. The summed E-state index contributed by atoms with van der Waals surface area (Å²) in [4.78, 5) is 42.6. The Bertz CT molecular complexity index is 1400. The van der Waals surface area contributed by atoms with E-state index < -0.39 is 23.4 Å². The zero-order valence-electron chi connectivity index (χ0n) is 26.4. The number of hydrogen-bond acceptors (Lipinski definition) is 7. The predicted molar refractivity (Wildman–Crippen MR) is 167 cm³/mol. The Morgan fingerprint density at radius 2 is 1.72 bits per heavy atom. The number of benzene rings is 2. The van der Waals surface area contributed by atoms with E-state index in [0.29, 0.717) is 40.8 Å². The second-order valence-corrected chi connectivity index (χ2v) is 11.2. The molecule has 0 bridgehead atoms. The maximum Gasteiger partial charge on any atom is 0.248 e. The highest BCUT2D eigenvalue weighted by molar-refractivity contribution is 6.03. The molecule has 10 nitrogen and oxygen atoms in total. The van der Waals surface area contributed by atoms with Gasteiger partial charge >= 0.3 is 0 Å². The lowest BCUT2D eigenvalue weighted by Gasteiger charge is -2.35. The first-order valence-electron chi connectivity index (χ1n) is 14.6. The summed E-state index contributed by atoms with van der Waals surface area (Å²) in [5, 5.41) is 9.54. The Hall–Kier alpha value is -4.34. The van der Waals surface area contributed by atoms with E-state index in [4.69, 9.17) is 14.0 Å². The molecule has 0 aliphatic carbocycles. The molecule has 232 valence electrons. The lowest BCUT2D eigenvalue weighted by Crippen LogP contribution is -2.50. The number of hydrogen-bond donors (Lipinski definition) is 2. The lowest BCUT2D eigenvalue weighted by molar-refractivity contribution is -0.128. The Labute approximate surface area is 254 Å². The highest BCUT2D eigenvalue weighted by atomic mass is 16.5. The molecule has 2 aromatic carbocycles. The molecule has 10 heteroatoms. The molecule has 3 rings (SSSR count). The summed E-state index contributed by atoms with van der Waals surface area (Å²) in [6, 6.07) is 13.3. The SMILES string of the molecule is CC[C@H](C)c1ccc(N(C(=O)CCC(=O)Nc2cc(C)on2)[C@H](C(=O)NC(C)(C)CC)c2cccc(OC)c2OC)cc1. The van der Waals surface area contributed by atoms with E-state index in [1.807, 2.05) is 45.0 Å². The van der Waals surface area contributed by atoms with Crippen LogP contribution in [0.4, 0.5) is 11.5 Å². The van der Waals surface area contributed by atoms with Crippen molar-refractivity contribution in [2.45, 2.75) is 84.7 Å². The number of carbonyl (C=O) groups excluding carboxylic acids is 3. The standard InChI is InChI=1S/C33H44N4O6/c1-9-21(3)23-14-16-24(17-15-23)37(29(39)19-18-28(38)34-27-20-22(4)43-36-27)30(32(40)35-33(5,6)10-2)25-12-11-13-26(41-7)31(25)42-8/h11-17,20-21,30H,9-10,18-19H2,1-8H3,(H,35,40)(H,34,36,38)/t21-,30-/m0/s1. The van der Waals surface area contributed by atoms with Crippen LogP contribution in [0.1, 0.15) is 89.1 Å². The fourth-order valence-electron chi connectivity index (χ4n) is 4.62. The van der Waals surface area contributed by atoms with Gasteiger partial charge < -0.3 is 24.6 Å². The van der Waals surface area contributed by atoms with Gasteiger partial charge in [-0.3, -0.25) is 19.3 Å². The number of para-hydroxylation sites is 1. The Balaban J connectivity index is 2.10. The van der Waals surface area contributed by atoms with Crippen LogP contribution in [-0.2, 0) is 14.4 Å². The highest BCUT2D eigenvalue weighted by Crippen LogP contribution is 2.40. The minimum absolute atomic E-state index is 0.129. The normalized spacial score (nSPS) is 12.7. The van der Waals surface area contributed by atoms with Crippen LogP contribution >= 0.6 is 0 Å². The van der Waals surface area contributed by atoms with Gasteiger partial charge in [-0.25, -0.2) is 0 Å². The Morgan fingerprint density at radius 3 is 2.28 bits per heavy atom. The molecule has 2 atom stereocenters. The number of anilines is 2. The Kier molecular flexibility index (Phi) is 11.3. The second kappa shape index (κ2) is 14.7. The van der Waals surface area contributed by atoms with Crippen LogP contribution in [0.3, 0.4) is 0 Å². The minimum atomic E-state index is -1.13. The van der Waals surface area contributed by atoms with E-state index in [2.05, 4.69) is 29.6 Å². The topological polar surface area (TPSA) is 123 Å². The number of methoxy groups -OCH3 is 2. The number of carbonyl (C=O) groups is 3. The van der Waals surface area contributed by atoms with Crippen molar-refractivity contribution < 1.29 is 28.4 Å². The van der Waals surface area contributed by atoms with Crippen LogP contribution < -0.4 is 25.0 Å². The van der Waals surface area contributed by atoms with Gasteiger partial charge in [0.15, 0.2) is 17.3 Å². The summed E-state index contributed by atoms with van der Waals surface area (Å²) in [6.45, 7) is 11.8. The molecule has 1 heterocycles. The lowest BCUT2D eigenvalue weighted by atomic mass is 9.96. The van der Waals surface area contributed by atoms with E-state index in [1.165, 1.54) is 19.1 Å². The number of amides is 3. The molecule has 2 N–H and O–H groups in total. The van der Waals surface area contributed by atoms with Crippen LogP contribution in [0.25, 0.3) is 0 Å². The van der Waals surface area contributed by atoms with Gasteiger partial charge in [0.25, 0.3) is 0 Å². The van der Waals surface area contributed by atoms with Gasteiger partial charge in [-0.2, -0.15) is 0 Å². The van der Waals surface area contributed by atoms with E-state index in [0.717, 1.165) is 12.0 Å². The van der Waals surface area contributed by atoms with E-state index in [-0.39, 0.29) is 24.6 Å². The first kappa shape index (κ1) is 33.2. The quantitative estimate of drug-likeness (QED) is 0.225. The van der Waals surface area contributed by atoms with Gasteiger partial charge in [0.05, 0.1) is 14.2 Å². The number of nitrogens with zero attached hydrogens (tertiary/aromatic N) is 2. The van der Waals surface area contributed by atoms with Crippen LogP contribution in [0.5, 0.6) is 11.5 Å². The summed E-state index contributed by atoms with van der Waals surface area (Å²) in [5.41, 5.74) is 1.54.